The van der Waals surface area contributed by atoms with E-state index in [9.17, 15) is 13.2 Å². The first kappa shape index (κ1) is 16.9. The molecular weight excluding hydrogens is 300 g/mol. The summed E-state index contributed by atoms with van der Waals surface area (Å²) in [4.78, 5) is 11.8. The number of carbonyl (C=O) groups excluding carboxylic acids is 1. The van der Waals surface area contributed by atoms with Gasteiger partial charge in [0.25, 0.3) is 5.91 Å². The Morgan fingerprint density at radius 3 is 2.55 bits per heavy atom. The summed E-state index contributed by atoms with van der Waals surface area (Å²) >= 11 is 5.78. The summed E-state index contributed by atoms with van der Waals surface area (Å²) in [6, 6.07) is 4.11. The third-order valence-electron chi connectivity index (χ3n) is 2.97. The van der Waals surface area contributed by atoms with E-state index < -0.39 is 10.0 Å². The molecule has 1 rings (SSSR count). The van der Waals surface area contributed by atoms with Gasteiger partial charge < -0.3 is 5.32 Å². The van der Waals surface area contributed by atoms with Crippen LogP contribution in [-0.4, -0.2) is 20.4 Å². The van der Waals surface area contributed by atoms with Crippen molar-refractivity contribution in [3.63, 3.8) is 0 Å². The van der Waals surface area contributed by atoms with Gasteiger partial charge in [-0.3, -0.25) is 4.79 Å². The third kappa shape index (κ3) is 4.47. The van der Waals surface area contributed by atoms with E-state index in [1.807, 2.05) is 13.8 Å². The van der Waals surface area contributed by atoms with Crippen LogP contribution < -0.4 is 10.5 Å². The summed E-state index contributed by atoms with van der Waals surface area (Å²) in [5.74, 6) is -0.327. The highest BCUT2D eigenvalue weighted by Crippen LogP contribution is 2.21. The predicted molar refractivity (Wildman–Crippen MR) is 79.3 cm³/mol. The number of nitrogens with two attached hydrogens (primary N) is 1. The third-order valence-corrected chi connectivity index (χ3v) is 4.36. The van der Waals surface area contributed by atoms with Crippen LogP contribution in [0.2, 0.25) is 5.02 Å². The lowest BCUT2D eigenvalue weighted by Crippen LogP contribution is -2.34. The Kier molecular flexibility index (Phi) is 5.98. The molecule has 0 saturated carbocycles. The molecule has 0 fully saturated rings. The Bertz CT molecular complexity index is 587. The maximum atomic E-state index is 12.1. The van der Waals surface area contributed by atoms with Crippen LogP contribution in [0.15, 0.2) is 23.1 Å². The smallest absolute Gasteiger partial charge is 0.251 e. The number of primary sulfonamides is 1. The number of benzene rings is 1. The van der Waals surface area contributed by atoms with Crippen LogP contribution in [0.4, 0.5) is 0 Å². The second-order valence-electron chi connectivity index (χ2n) is 4.56. The van der Waals surface area contributed by atoms with E-state index in [1.54, 1.807) is 0 Å². The summed E-state index contributed by atoms with van der Waals surface area (Å²) < 4.78 is 22.7. The quantitative estimate of drug-likeness (QED) is 0.843. The zero-order chi connectivity index (χ0) is 15.3. The molecule has 0 aliphatic carbocycles. The first-order chi connectivity index (χ1) is 9.29. The van der Waals surface area contributed by atoms with Gasteiger partial charge in [-0.1, -0.05) is 31.9 Å². The lowest BCUT2D eigenvalue weighted by Gasteiger charge is -2.16. The van der Waals surface area contributed by atoms with Gasteiger partial charge in [-0.15, -0.1) is 0 Å². The van der Waals surface area contributed by atoms with Crippen LogP contribution in [-0.2, 0) is 10.0 Å². The van der Waals surface area contributed by atoms with Gasteiger partial charge in [0, 0.05) is 11.6 Å². The van der Waals surface area contributed by atoms with E-state index in [-0.39, 0.29) is 27.4 Å². The molecule has 112 valence electrons. The van der Waals surface area contributed by atoms with Crippen molar-refractivity contribution in [2.24, 2.45) is 5.14 Å². The van der Waals surface area contributed by atoms with Gasteiger partial charge in [0.1, 0.15) is 4.90 Å². The molecule has 1 atom stereocenters. The number of nitrogens with one attached hydrogen (secondary N) is 1. The zero-order valence-corrected chi connectivity index (χ0v) is 13.1. The highest BCUT2D eigenvalue weighted by Gasteiger charge is 2.17. The van der Waals surface area contributed by atoms with E-state index in [0.717, 1.165) is 19.3 Å². The maximum Gasteiger partial charge on any atom is 0.251 e. The molecule has 0 aromatic heterocycles. The normalized spacial score (nSPS) is 13.0. The van der Waals surface area contributed by atoms with Gasteiger partial charge in [0.05, 0.1) is 5.02 Å². The number of halogens is 1. The van der Waals surface area contributed by atoms with Crippen LogP contribution in [0.3, 0.4) is 0 Å². The molecule has 1 aromatic rings. The number of carbonyl (C=O) groups is 1. The summed E-state index contributed by atoms with van der Waals surface area (Å²) in [6.45, 7) is 4.02. The highest BCUT2D eigenvalue weighted by molar-refractivity contribution is 7.89. The fourth-order valence-electron chi connectivity index (χ4n) is 1.86. The molecule has 0 spiro atoms. The van der Waals surface area contributed by atoms with Crippen molar-refractivity contribution in [3.8, 4) is 0 Å². The molecule has 7 heteroatoms. The van der Waals surface area contributed by atoms with E-state index in [4.69, 9.17) is 16.7 Å². The summed E-state index contributed by atoms with van der Waals surface area (Å²) in [6.07, 6.45) is 2.65. The SMILES string of the molecule is CCCC(CC)NC(=O)c1ccc(Cl)c(S(N)(=O)=O)c1. The first-order valence-electron chi connectivity index (χ1n) is 6.42. The van der Waals surface area contributed by atoms with Gasteiger partial charge in [-0.2, -0.15) is 0 Å². The zero-order valence-electron chi connectivity index (χ0n) is 11.5. The minimum Gasteiger partial charge on any atom is -0.349 e. The molecule has 5 nitrogen and oxygen atoms in total. The van der Waals surface area contributed by atoms with Crippen molar-refractivity contribution in [3.05, 3.63) is 28.8 Å². The number of sulfonamides is 1. The Morgan fingerprint density at radius 2 is 2.05 bits per heavy atom. The summed E-state index contributed by atoms with van der Waals surface area (Å²) in [5, 5.41) is 7.93. The Hall–Kier alpha value is -1.11. The Balaban J connectivity index is 3.00. The van der Waals surface area contributed by atoms with Gasteiger partial charge in [0.15, 0.2) is 0 Å². The fourth-order valence-corrected chi connectivity index (χ4v) is 2.93. The monoisotopic (exact) mass is 318 g/mol. The van der Waals surface area contributed by atoms with Crippen LogP contribution in [0.25, 0.3) is 0 Å². The standard InChI is InChI=1S/C13H19ClN2O3S/c1-3-5-10(4-2)16-13(17)9-6-7-11(14)12(8-9)20(15,18)19/h6-8,10H,3-5H2,1-2H3,(H,16,17)(H2,15,18,19). The van der Waals surface area contributed by atoms with Gasteiger partial charge in [-0.05, 0) is 31.0 Å². The molecule has 0 saturated heterocycles. The Morgan fingerprint density at radius 1 is 1.40 bits per heavy atom. The predicted octanol–water partition coefficient (Wildman–Crippen LogP) is 2.30. The van der Waals surface area contributed by atoms with Crippen molar-refractivity contribution in [2.75, 3.05) is 0 Å². The minimum atomic E-state index is -3.95. The molecule has 0 radical (unpaired) electrons. The fraction of sp³-hybridized carbons (Fsp3) is 0.462. The number of hydrogen-bond donors (Lipinski definition) is 2. The number of amides is 1. The molecule has 1 amide bonds. The van der Waals surface area contributed by atoms with Crippen LogP contribution in [0.1, 0.15) is 43.5 Å². The van der Waals surface area contributed by atoms with Crippen molar-refractivity contribution in [1.82, 2.24) is 5.32 Å². The van der Waals surface area contributed by atoms with E-state index in [1.165, 1.54) is 18.2 Å². The molecule has 3 N–H and O–H groups in total. The average molecular weight is 319 g/mol. The van der Waals surface area contributed by atoms with Crippen molar-refractivity contribution in [2.45, 2.75) is 44.0 Å². The van der Waals surface area contributed by atoms with Crippen molar-refractivity contribution in [1.29, 1.82) is 0 Å². The first-order valence-corrected chi connectivity index (χ1v) is 8.35. The average Bonchev–Trinajstić information content (AvgIpc) is 2.37. The molecular formula is C13H19ClN2O3S. The molecule has 0 bridgehead atoms. The molecule has 20 heavy (non-hydrogen) atoms. The van der Waals surface area contributed by atoms with E-state index in [2.05, 4.69) is 5.32 Å². The molecule has 0 aliphatic heterocycles. The number of rotatable bonds is 6. The Labute approximate surface area is 124 Å². The summed E-state index contributed by atoms with van der Waals surface area (Å²) in [5.41, 5.74) is 0.230. The minimum absolute atomic E-state index is 0.00431. The molecule has 1 aromatic carbocycles. The van der Waals surface area contributed by atoms with Gasteiger partial charge >= 0.3 is 0 Å². The summed E-state index contributed by atoms with van der Waals surface area (Å²) in [7, 11) is -3.95. The largest absolute Gasteiger partial charge is 0.349 e. The van der Waals surface area contributed by atoms with Crippen LogP contribution in [0, 0.1) is 0 Å². The molecule has 1 unspecified atom stereocenters. The van der Waals surface area contributed by atoms with E-state index in [0.29, 0.717) is 0 Å². The highest BCUT2D eigenvalue weighted by atomic mass is 35.5. The topological polar surface area (TPSA) is 89.3 Å². The second kappa shape index (κ2) is 7.06. The number of hydrogen-bond acceptors (Lipinski definition) is 3. The maximum absolute atomic E-state index is 12.1. The lowest BCUT2D eigenvalue weighted by molar-refractivity contribution is 0.0933. The van der Waals surface area contributed by atoms with E-state index >= 15 is 0 Å². The lowest BCUT2D eigenvalue weighted by atomic mass is 10.1. The van der Waals surface area contributed by atoms with Crippen molar-refractivity contribution >= 4 is 27.5 Å². The van der Waals surface area contributed by atoms with Gasteiger partial charge in [-0.25, -0.2) is 13.6 Å². The molecule has 0 aliphatic rings. The van der Waals surface area contributed by atoms with Crippen LogP contribution >= 0.6 is 11.6 Å². The second-order valence-corrected chi connectivity index (χ2v) is 6.49. The van der Waals surface area contributed by atoms with Crippen LogP contribution in [0.5, 0.6) is 0 Å². The molecule has 0 heterocycles. The van der Waals surface area contributed by atoms with Crippen molar-refractivity contribution < 1.29 is 13.2 Å². The van der Waals surface area contributed by atoms with Gasteiger partial charge in [0.2, 0.25) is 10.0 Å².